The van der Waals surface area contributed by atoms with Crippen molar-refractivity contribution >= 4 is 0 Å². The normalized spacial score (nSPS) is 10.7. The highest BCUT2D eigenvalue weighted by molar-refractivity contribution is 5.26. The number of nitrogens with zero attached hydrogens (tertiary/aromatic N) is 1. The first-order valence-corrected chi connectivity index (χ1v) is 6.59. The molecule has 0 fully saturated rings. The predicted octanol–water partition coefficient (Wildman–Crippen LogP) is 3.38. The zero-order valence-corrected chi connectivity index (χ0v) is 11.4. The molecule has 0 amide bonds. The summed E-state index contributed by atoms with van der Waals surface area (Å²) in [5, 5.41) is 3.37. The van der Waals surface area contributed by atoms with Crippen LogP contribution in [-0.2, 0) is 19.5 Å². The number of benzene rings is 1. The third-order valence-electron chi connectivity index (χ3n) is 3.28. The average molecular weight is 258 g/mol. The molecule has 1 aromatic carbocycles. The van der Waals surface area contributed by atoms with Crippen molar-refractivity contribution in [1.29, 1.82) is 0 Å². The summed E-state index contributed by atoms with van der Waals surface area (Å²) in [6, 6.07) is 8.97. The molecule has 1 N–H and O–H groups in total. The molecule has 19 heavy (non-hydrogen) atoms. The summed E-state index contributed by atoms with van der Waals surface area (Å²) in [6.07, 6.45) is 2.81. The number of nitrogens with one attached hydrogen (secondary N) is 1. The van der Waals surface area contributed by atoms with Crippen LogP contribution in [0.15, 0.2) is 36.5 Å². The molecule has 0 bridgehead atoms. The topological polar surface area (TPSA) is 24.9 Å². The molecule has 0 aliphatic carbocycles. The highest BCUT2D eigenvalue weighted by atomic mass is 19.1. The molecule has 0 radical (unpaired) electrons. The molecule has 0 atom stereocenters. The maximum atomic E-state index is 13.0. The minimum Gasteiger partial charge on any atom is -0.307 e. The van der Waals surface area contributed by atoms with Gasteiger partial charge in [0, 0.05) is 19.3 Å². The van der Waals surface area contributed by atoms with E-state index in [-0.39, 0.29) is 5.82 Å². The Morgan fingerprint density at radius 1 is 1.16 bits per heavy atom. The van der Waals surface area contributed by atoms with Gasteiger partial charge in [0.25, 0.3) is 0 Å². The van der Waals surface area contributed by atoms with E-state index in [9.17, 15) is 4.39 Å². The fraction of sp³-hybridized carbons (Fsp3) is 0.312. The van der Waals surface area contributed by atoms with Crippen molar-refractivity contribution in [3.05, 3.63) is 64.7 Å². The average Bonchev–Trinajstić information content (AvgIpc) is 2.42. The number of hydrogen-bond donors (Lipinski definition) is 1. The minimum atomic E-state index is -0.181. The maximum Gasteiger partial charge on any atom is 0.123 e. The van der Waals surface area contributed by atoms with Crippen molar-refractivity contribution in [3.63, 3.8) is 0 Å². The summed E-state index contributed by atoms with van der Waals surface area (Å²) >= 11 is 0. The molecular weight excluding hydrogens is 239 g/mol. The third-order valence-corrected chi connectivity index (χ3v) is 3.28. The Hall–Kier alpha value is -1.74. The van der Waals surface area contributed by atoms with E-state index in [2.05, 4.69) is 23.3 Å². The van der Waals surface area contributed by atoms with E-state index in [1.807, 2.05) is 25.3 Å². The Balaban J connectivity index is 1.96. The fourth-order valence-corrected chi connectivity index (χ4v) is 2.13. The molecule has 2 aromatic rings. The second-order valence-electron chi connectivity index (χ2n) is 4.64. The van der Waals surface area contributed by atoms with Crippen molar-refractivity contribution < 1.29 is 4.39 Å². The van der Waals surface area contributed by atoms with Gasteiger partial charge in [0.15, 0.2) is 0 Å². The second kappa shape index (κ2) is 6.43. The van der Waals surface area contributed by atoms with E-state index in [1.54, 1.807) is 6.07 Å². The predicted molar refractivity (Wildman–Crippen MR) is 75.3 cm³/mol. The second-order valence-corrected chi connectivity index (χ2v) is 4.64. The van der Waals surface area contributed by atoms with Crippen molar-refractivity contribution in [2.45, 2.75) is 33.4 Å². The Morgan fingerprint density at radius 3 is 2.74 bits per heavy atom. The standard InChI is InChI=1S/C16H19FN2/c1-3-13-5-4-8-19-16(13)11-18-10-14-6-7-15(17)9-12(14)2/h4-9,18H,3,10-11H2,1-2H3. The van der Waals surface area contributed by atoms with Gasteiger partial charge in [-0.2, -0.15) is 0 Å². The van der Waals surface area contributed by atoms with Crippen molar-refractivity contribution in [2.24, 2.45) is 0 Å². The summed E-state index contributed by atoms with van der Waals surface area (Å²) in [5.41, 5.74) is 4.45. The van der Waals surface area contributed by atoms with Crippen LogP contribution in [-0.4, -0.2) is 4.98 Å². The van der Waals surface area contributed by atoms with E-state index >= 15 is 0 Å². The van der Waals surface area contributed by atoms with E-state index in [4.69, 9.17) is 0 Å². The van der Waals surface area contributed by atoms with Crippen LogP contribution in [0.25, 0.3) is 0 Å². The van der Waals surface area contributed by atoms with Gasteiger partial charge >= 0.3 is 0 Å². The van der Waals surface area contributed by atoms with E-state index in [0.717, 1.165) is 36.3 Å². The number of halogens is 1. The lowest BCUT2D eigenvalue weighted by Gasteiger charge is -2.10. The summed E-state index contributed by atoms with van der Waals surface area (Å²) in [4.78, 5) is 4.39. The molecule has 0 spiro atoms. The van der Waals surface area contributed by atoms with Crippen LogP contribution >= 0.6 is 0 Å². The van der Waals surface area contributed by atoms with Crippen LogP contribution in [0.5, 0.6) is 0 Å². The Labute approximate surface area is 113 Å². The van der Waals surface area contributed by atoms with Gasteiger partial charge in [-0.1, -0.05) is 19.1 Å². The van der Waals surface area contributed by atoms with Crippen molar-refractivity contribution in [2.75, 3.05) is 0 Å². The summed E-state index contributed by atoms with van der Waals surface area (Å²) in [6.45, 7) is 5.52. The molecule has 1 heterocycles. The van der Waals surface area contributed by atoms with E-state index < -0.39 is 0 Å². The molecule has 100 valence electrons. The fourth-order valence-electron chi connectivity index (χ4n) is 2.13. The van der Waals surface area contributed by atoms with Crippen LogP contribution in [0, 0.1) is 12.7 Å². The molecular formula is C16H19FN2. The number of pyridine rings is 1. The molecule has 0 aliphatic heterocycles. The molecule has 2 rings (SSSR count). The third kappa shape index (κ3) is 3.61. The molecule has 0 unspecified atom stereocenters. The molecule has 2 nitrogen and oxygen atoms in total. The molecule has 3 heteroatoms. The van der Waals surface area contributed by atoms with Crippen LogP contribution in [0.1, 0.15) is 29.3 Å². The van der Waals surface area contributed by atoms with Crippen LogP contribution < -0.4 is 5.32 Å². The lowest BCUT2D eigenvalue weighted by molar-refractivity contribution is 0.622. The van der Waals surface area contributed by atoms with Gasteiger partial charge in [-0.3, -0.25) is 4.98 Å². The van der Waals surface area contributed by atoms with Gasteiger partial charge in [0.05, 0.1) is 5.69 Å². The van der Waals surface area contributed by atoms with Crippen LogP contribution in [0.4, 0.5) is 4.39 Å². The zero-order chi connectivity index (χ0) is 13.7. The largest absolute Gasteiger partial charge is 0.307 e. The SMILES string of the molecule is CCc1cccnc1CNCc1ccc(F)cc1C. The molecule has 0 saturated heterocycles. The van der Waals surface area contributed by atoms with Gasteiger partial charge in [-0.05, 0) is 48.2 Å². The summed E-state index contributed by atoms with van der Waals surface area (Å²) < 4.78 is 13.0. The summed E-state index contributed by atoms with van der Waals surface area (Å²) in [7, 11) is 0. The maximum absolute atomic E-state index is 13.0. The molecule has 0 aliphatic rings. The quantitative estimate of drug-likeness (QED) is 0.889. The highest BCUT2D eigenvalue weighted by Crippen LogP contribution is 2.11. The molecule has 0 saturated carbocycles. The Kier molecular flexibility index (Phi) is 4.63. The van der Waals surface area contributed by atoms with Crippen molar-refractivity contribution in [1.82, 2.24) is 10.3 Å². The first-order chi connectivity index (χ1) is 9.20. The van der Waals surface area contributed by atoms with Crippen LogP contribution in [0.2, 0.25) is 0 Å². The van der Waals surface area contributed by atoms with Gasteiger partial charge in [0.1, 0.15) is 5.82 Å². The van der Waals surface area contributed by atoms with E-state index in [1.165, 1.54) is 11.6 Å². The number of aromatic nitrogens is 1. The lowest BCUT2D eigenvalue weighted by Crippen LogP contribution is -2.15. The first-order valence-electron chi connectivity index (χ1n) is 6.59. The number of hydrogen-bond acceptors (Lipinski definition) is 2. The Bertz CT molecular complexity index is 552. The zero-order valence-electron chi connectivity index (χ0n) is 11.4. The van der Waals surface area contributed by atoms with Gasteiger partial charge in [-0.15, -0.1) is 0 Å². The summed E-state index contributed by atoms with van der Waals surface area (Å²) in [5.74, 6) is -0.181. The number of aryl methyl sites for hydroxylation is 2. The monoisotopic (exact) mass is 258 g/mol. The first kappa shape index (κ1) is 13.7. The van der Waals surface area contributed by atoms with E-state index in [0.29, 0.717) is 0 Å². The van der Waals surface area contributed by atoms with Crippen molar-refractivity contribution in [3.8, 4) is 0 Å². The van der Waals surface area contributed by atoms with Gasteiger partial charge in [0.2, 0.25) is 0 Å². The number of rotatable bonds is 5. The highest BCUT2D eigenvalue weighted by Gasteiger charge is 2.03. The van der Waals surface area contributed by atoms with Gasteiger partial charge in [-0.25, -0.2) is 4.39 Å². The molecule has 1 aromatic heterocycles. The smallest absolute Gasteiger partial charge is 0.123 e. The minimum absolute atomic E-state index is 0.181. The van der Waals surface area contributed by atoms with Gasteiger partial charge < -0.3 is 5.32 Å². The lowest BCUT2D eigenvalue weighted by atomic mass is 10.1. The van der Waals surface area contributed by atoms with Crippen LogP contribution in [0.3, 0.4) is 0 Å². The Morgan fingerprint density at radius 2 is 2.00 bits per heavy atom.